The van der Waals surface area contributed by atoms with Crippen molar-refractivity contribution in [3.63, 3.8) is 0 Å². The highest BCUT2D eigenvalue weighted by atomic mass is 19.1. The lowest BCUT2D eigenvalue weighted by atomic mass is 9.80. The molecule has 1 aliphatic heterocycles. The Hall–Kier alpha value is -3.47. The molecule has 2 aromatic carbocycles. The van der Waals surface area contributed by atoms with E-state index in [1.165, 1.54) is 13.2 Å². The van der Waals surface area contributed by atoms with Gasteiger partial charge in [0.05, 0.1) is 38.4 Å². The lowest BCUT2D eigenvalue weighted by Crippen LogP contribution is -2.54. The molecule has 220 valence electrons. The van der Waals surface area contributed by atoms with Crippen molar-refractivity contribution < 1.29 is 28.5 Å². The van der Waals surface area contributed by atoms with Gasteiger partial charge in [0.25, 0.3) is 5.91 Å². The van der Waals surface area contributed by atoms with Gasteiger partial charge in [-0.1, -0.05) is 43.2 Å². The van der Waals surface area contributed by atoms with E-state index in [2.05, 4.69) is 10.3 Å². The van der Waals surface area contributed by atoms with Crippen molar-refractivity contribution in [2.45, 2.75) is 49.8 Å². The fourth-order valence-electron chi connectivity index (χ4n) is 6.11. The van der Waals surface area contributed by atoms with Crippen LogP contribution in [0.4, 0.5) is 4.39 Å². The number of imidazole rings is 1. The summed E-state index contributed by atoms with van der Waals surface area (Å²) in [6, 6.07) is 13.8. The van der Waals surface area contributed by atoms with Gasteiger partial charge in [-0.15, -0.1) is 0 Å². The Morgan fingerprint density at radius 1 is 1.20 bits per heavy atom. The first kappa shape index (κ1) is 29.0. The zero-order valence-corrected chi connectivity index (χ0v) is 23.7. The first-order valence-electron chi connectivity index (χ1n) is 14.3. The predicted molar refractivity (Wildman–Crippen MR) is 153 cm³/mol. The van der Waals surface area contributed by atoms with Gasteiger partial charge in [-0.2, -0.15) is 0 Å². The molecule has 2 heterocycles. The summed E-state index contributed by atoms with van der Waals surface area (Å²) in [6.07, 6.45) is 5.49. The van der Waals surface area contributed by atoms with Crippen LogP contribution in [0.25, 0.3) is 11.3 Å². The first-order valence-corrected chi connectivity index (χ1v) is 14.3. The molecule has 1 aromatic heterocycles. The van der Waals surface area contributed by atoms with Crippen LogP contribution in [0, 0.1) is 5.82 Å². The fourth-order valence-corrected chi connectivity index (χ4v) is 6.11. The Morgan fingerprint density at radius 3 is 2.78 bits per heavy atom. The molecule has 41 heavy (non-hydrogen) atoms. The maximum absolute atomic E-state index is 14.4. The fraction of sp³-hybridized carbons (Fsp3) is 0.484. The third kappa shape index (κ3) is 6.24. The molecule has 5 rings (SSSR count). The molecular weight excluding hydrogens is 527 g/mol. The smallest absolute Gasteiger partial charge is 0.275 e. The van der Waals surface area contributed by atoms with Crippen LogP contribution in [0.1, 0.15) is 48.6 Å². The van der Waals surface area contributed by atoms with Crippen LogP contribution < -0.4 is 14.8 Å². The highest BCUT2D eigenvalue weighted by Gasteiger charge is 2.42. The van der Waals surface area contributed by atoms with Crippen LogP contribution >= 0.6 is 0 Å². The van der Waals surface area contributed by atoms with Gasteiger partial charge in [-0.3, -0.25) is 4.79 Å². The second kappa shape index (κ2) is 13.0. The van der Waals surface area contributed by atoms with Gasteiger partial charge < -0.3 is 34.1 Å². The number of benzene rings is 2. The number of hydrogen-bond acceptors (Lipinski definition) is 7. The molecule has 2 fully saturated rings. The Labute approximate surface area is 240 Å². The minimum atomic E-state index is -1.05. The summed E-state index contributed by atoms with van der Waals surface area (Å²) in [5.74, 6) is -0.0942. The molecule has 0 spiro atoms. The number of carbonyl (C=O) groups excluding carboxylic acids is 1. The molecule has 1 saturated carbocycles. The van der Waals surface area contributed by atoms with Crippen LogP contribution in [0.2, 0.25) is 0 Å². The number of rotatable bonds is 10. The summed E-state index contributed by atoms with van der Waals surface area (Å²) in [7, 11) is 3.08. The molecule has 1 saturated heterocycles. The molecular formula is C31H39FN4O5. The maximum Gasteiger partial charge on any atom is 0.275 e. The molecule has 10 heteroatoms. The van der Waals surface area contributed by atoms with E-state index in [4.69, 9.17) is 14.2 Å². The Balaban J connectivity index is 1.40. The number of carbonyl (C=O) groups is 1. The van der Waals surface area contributed by atoms with Crippen molar-refractivity contribution in [3.05, 3.63) is 66.4 Å². The third-order valence-electron chi connectivity index (χ3n) is 8.19. The number of piperazine rings is 1. The van der Waals surface area contributed by atoms with Crippen molar-refractivity contribution >= 4 is 5.91 Å². The molecule has 2 aliphatic rings. The van der Waals surface area contributed by atoms with E-state index in [9.17, 15) is 14.3 Å². The number of ether oxygens (including phenoxy) is 3. The summed E-state index contributed by atoms with van der Waals surface area (Å²) in [5, 5.41) is 15.0. The van der Waals surface area contributed by atoms with Crippen molar-refractivity contribution in [3.8, 4) is 22.8 Å². The molecule has 2 N–H and O–H groups in total. The molecule has 3 atom stereocenters. The largest absolute Gasteiger partial charge is 0.497 e. The van der Waals surface area contributed by atoms with Crippen LogP contribution in [0.5, 0.6) is 11.5 Å². The van der Waals surface area contributed by atoms with E-state index in [1.54, 1.807) is 25.6 Å². The molecule has 1 aliphatic carbocycles. The van der Waals surface area contributed by atoms with E-state index in [1.807, 2.05) is 39.8 Å². The van der Waals surface area contributed by atoms with E-state index in [-0.39, 0.29) is 37.0 Å². The second-order valence-electron chi connectivity index (χ2n) is 10.8. The van der Waals surface area contributed by atoms with E-state index in [0.717, 1.165) is 24.8 Å². The molecule has 1 amide bonds. The minimum Gasteiger partial charge on any atom is -0.497 e. The van der Waals surface area contributed by atoms with Gasteiger partial charge in [0.1, 0.15) is 11.4 Å². The van der Waals surface area contributed by atoms with E-state index in [0.29, 0.717) is 49.6 Å². The van der Waals surface area contributed by atoms with E-state index < -0.39 is 11.4 Å². The van der Waals surface area contributed by atoms with Gasteiger partial charge >= 0.3 is 0 Å². The number of hydrogen-bond donors (Lipinski definition) is 2. The molecule has 0 radical (unpaired) electrons. The van der Waals surface area contributed by atoms with Gasteiger partial charge in [0, 0.05) is 50.8 Å². The average molecular weight is 567 g/mol. The van der Waals surface area contributed by atoms with Crippen LogP contribution in [-0.2, 0) is 4.74 Å². The zero-order valence-electron chi connectivity index (χ0n) is 23.7. The predicted octanol–water partition coefficient (Wildman–Crippen LogP) is 4.07. The van der Waals surface area contributed by atoms with Crippen LogP contribution in [0.3, 0.4) is 0 Å². The molecule has 0 bridgehead atoms. The van der Waals surface area contributed by atoms with Crippen molar-refractivity contribution in [1.29, 1.82) is 0 Å². The Bertz CT molecular complexity index is 1320. The molecule has 9 nitrogen and oxygen atoms in total. The highest BCUT2D eigenvalue weighted by molar-refractivity contribution is 5.98. The lowest BCUT2D eigenvalue weighted by molar-refractivity contribution is -0.0893. The van der Waals surface area contributed by atoms with Gasteiger partial charge in [-0.25, -0.2) is 9.37 Å². The van der Waals surface area contributed by atoms with Crippen LogP contribution in [0.15, 0.2) is 54.9 Å². The number of halogens is 1. The number of nitrogens with one attached hydrogen (secondary N) is 1. The van der Waals surface area contributed by atoms with Gasteiger partial charge in [0.15, 0.2) is 17.3 Å². The number of nitrogens with zero attached hydrogens (tertiary/aromatic N) is 3. The lowest BCUT2D eigenvalue weighted by Gasteiger charge is -2.41. The monoisotopic (exact) mass is 566 g/mol. The highest BCUT2D eigenvalue weighted by Crippen LogP contribution is 2.41. The second-order valence-corrected chi connectivity index (χ2v) is 10.8. The Kier molecular flexibility index (Phi) is 9.22. The van der Waals surface area contributed by atoms with Crippen molar-refractivity contribution in [2.24, 2.45) is 0 Å². The van der Waals surface area contributed by atoms with Gasteiger partial charge in [-0.05, 0) is 25.0 Å². The van der Waals surface area contributed by atoms with E-state index >= 15 is 0 Å². The number of aromatic nitrogens is 2. The Morgan fingerprint density at radius 2 is 2.02 bits per heavy atom. The van der Waals surface area contributed by atoms with Crippen molar-refractivity contribution in [1.82, 2.24) is 19.8 Å². The SMILES string of the molecule is COC[C@]1(O)CCCC[C@H]1n1cnc(C(=O)N2CCNC[C@H]2CCOc2ccc(OC)cc2F)c1-c1ccccc1. The standard InChI is InChI=1S/C31H39FN4O5/c1-39-20-31(38)14-7-6-10-27(31)36-21-34-28(29(36)22-8-4-3-5-9-22)30(37)35-16-15-33-19-23(35)13-17-41-26-12-11-24(40-2)18-25(26)32/h3-5,8-9,11-12,18,21,23,27,33,38H,6-7,10,13-17,19-20H2,1-2H3/t23-,27-,31-/m1/s1. The summed E-state index contributed by atoms with van der Waals surface area (Å²) in [5.41, 5.74) is 0.869. The first-order chi connectivity index (χ1) is 19.9. The maximum atomic E-state index is 14.4. The molecule has 3 aromatic rings. The summed E-state index contributed by atoms with van der Waals surface area (Å²) >= 11 is 0. The van der Waals surface area contributed by atoms with Crippen LogP contribution in [-0.4, -0.2) is 84.2 Å². The average Bonchev–Trinajstić information content (AvgIpc) is 3.43. The normalized spacial score (nSPS) is 22.9. The molecule has 0 unspecified atom stereocenters. The number of methoxy groups -OCH3 is 2. The summed E-state index contributed by atoms with van der Waals surface area (Å²) in [4.78, 5) is 20.7. The van der Waals surface area contributed by atoms with Gasteiger partial charge in [0.2, 0.25) is 0 Å². The van der Waals surface area contributed by atoms with Crippen molar-refractivity contribution in [2.75, 3.05) is 47.1 Å². The quantitative estimate of drug-likeness (QED) is 0.382. The topological polar surface area (TPSA) is 98.1 Å². The zero-order chi connectivity index (χ0) is 28.8. The minimum absolute atomic E-state index is 0.147. The number of amides is 1. The number of aliphatic hydroxyl groups is 1. The summed E-state index contributed by atoms with van der Waals surface area (Å²) < 4.78 is 32.6. The summed E-state index contributed by atoms with van der Waals surface area (Å²) in [6.45, 7) is 2.22. The third-order valence-corrected chi connectivity index (χ3v) is 8.19.